The van der Waals surface area contributed by atoms with Crippen LogP contribution in [0.3, 0.4) is 0 Å². The number of likely N-dealkylation sites (tertiary alicyclic amines) is 2. The Morgan fingerprint density at radius 2 is 1.90 bits per heavy atom. The van der Waals surface area contributed by atoms with Gasteiger partial charge in [-0.1, -0.05) is 24.6 Å². The second-order valence-electron chi connectivity index (χ2n) is 8.69. The quantitative estimate of drug-likeness (QED) is 0.333. The van der Waals surface area contributed by atoms with Crippen LogP contribution in [0.25, 0.3) is 0 Å². The van der Waals surface area contributed by atoms with E-state index >= 15 is 0 Å². The van der Waals surface area contributed by atoms with E-state index in [0.29, 0.717) is 11.5 Å². The number of hydrogen-bond donors (Lipinski definition) is 1. The minimum atomic E-state index is -4.68. The number of ether oxygens (including phenoxy) is 1. The van der Waals surface area contributed by atoms with Gasteiger partial charge in [-0.3, -0.25) is 4.99 Å². The Labute approximate surface area is 199 Å². The molecule has 1 aromatic carbocycles. The van der Waals surface area contributed by atoms with Crippen molar-refractivity contribution in [2.75, 3.05) is 39.8 Å². The van der Waals surface area contributed by atoms with Crippen molar-refractivity contribution in [2.45, 2.75) is 50.4 Å². The summed E-state index contributed by atoms with van der Waals surface area (Å²) in [5.74, 6) is 1.42. The fourth-order valence-corrected chi connectivity index (χ4v) is 4.85. The van der Waals surface area contributed by atoms with Gasteiger partial charge in [-0.15, -0.1) is 37.1 Å². The maximum Gasteiger partial charge on any atom is 0.573 e. The lowest BCUT2D eigenvalue weighted by molar-refractivity contribution is -0.274. The molecule has 174 valence electrons. The SMILES string of the molecule is CN=C(NC1CC1c1ccccc1OC(F)(F)F)N1CCC(CN2CCCCC2)C1.I. The van der Waals surface area contributed by atoms with Crippen LogP contribution in [0.4, 0.5) is 13.2 Å². The molecule has 0 amide bonds. The van der Waals surface area contributed by atoms with E-state index in [1.54, 1.807) is 25.2 Å². The number of rotatable bonds is 5. The third-order valence-electron chi connectivity index (χ3n) is 6.41. The summed E-state index contributed by atoms with van der Waals surface area (Å²) in [6.07, 6.45) is 1.23. The van der Waals surface area contributed by atoms with Crippen LogP contribution in [-0.4, -0.2) is 67.9 Å². The van der Waals surface area contributed by atoms with Crippen molar-refractivity contribution in [1.29, 1.82) is 0 Å². The molecule has 0 bridgehead atoms. The molecule has 2 heterocycles. The first kappa shape index (κ1) is 24.4. The van der Waals surface area contributed by atoms with E-state index in [1.165, 1.54) is 38.4 Å². The molecule has 0 radical (unpaired) electrons. The minimum Gasteiger partial charge on any atom is -0.405 e. The maximum atomic E-state index is 12.7. The molecular weight excluding hydrogens is 520 g/mol. The van der Waals surface area contributed by atoms with Gasteiger partial charge in [0.25, 0.3) is 0 Å². The van der Waals surface area contributed by atoms with Gasteiger partial charge in [0.15, 0.2) is 5.96 Å². The first-order valence-electron chi connectivity index (χ1n) is 11.0. The monoisotopic (exact) mass is 552 g/mol. The van der Waals surface area contributed by atoms with Gasteiger partial charge in [-0.25, -0.2) is 0 Å². The summed E-state index contributed by atoms with van der Waals surface area (Å²) >= 11 is 0. The summed E-state index contributed by atoms with van der Waals surface area (Å²) in [5, 5.41) is 3.47. The third-order valence-corrected chi connectivity index (χ3v) is 6.41. The average Bonchev–Trinajstić information content (AvgIpc) is 3.33. The molecule has 9 heteroatoms. The van der Waals surface area contributed by atoms with E-state index in [4.69, 9.17) is 0 Å². The molecule has 4 rings (SSSR count). The van der Waals surface area contributed by atoms with E-state index in [-0.39, 0.29) is 41.7 Å². The van der Waals surface area contributed by atoms with Crippen molar-refractivity contribution in [3.05, 3.63) is 29.8 Å². The topological polar surface area (TPSA) is 40.1 Å². The molecule has 0 aromatic heterocycles. The molecule has 1 aromatic rings. The summed E-state index contributed by atoms with van der Waals surface area (Å²) in [7, 11) is 1.78. The number of piperidine rings is 1. The highest BCUT2D eigenvalue weighted by molar-refractivity contribution is 14.0. The molecule has 1 aliphatic carbocycles. The van der Waals surface area contributed by atoms with E-state index in [9.17, 15) is 13.2 Å². The molecule has 3 unspecified atom stereocenters. The van der Waals surface area contributed by atoms with Crippen LogP contribution in [0.15, 0.2) is 29.3 Å². The molecule has 3 fully saturated rings. The second kappa shape index (κ2) is 10.6. The number of para-hydroxylation sites is 1. The fraction of sp³-hybridized carbons (Fsp3) is 0.682. The number of benzene rings is 1. The summed E-state index contributed by atoms with van der Waals surface area (Å²) in [6, 6.07) is 6.53. The van der Waals surface area contributed by atoms with Crippen LogP contribution >= 0.6 is 24.0 Å². The number of hydrogen-bond acceptors (Lipinski definition) is 3. The van der Waals surface area contributed by atoms with E-state index in [1.807, 2.05) is 0 Å². The Hall–Kier alpha value is -1.23. The first-order valence-corrected chi connectivity index (χ1v) is 11.0. The predicted octanol–water partition coefficient (Wildman–Crippen LogP) is 4.44. The number of alkyl halides is 3. The van der Waals surface area contributed by atoms with Gasteiger partial charge >= 0.3 is 6.36 Å². The summed E-state index contributed by atoms with van der Waals surface area (Å²) < 4.78 is 42.4. The molecular formula is C22H32F3IN4O. The van der Waals surface area contributed by atoms with Crippen molar-refractivity contribution in [1.82, 2.24) is 15.1 Å². The Morgan fingerprint density at radius 1 is 1.16 bits per heavy atom. The van der Waals surface area contributed by atoms with Crippen molar-refractivity contribution in [2.24, 2.45) is 10.9 Å². The third kappa shape index (κ3) is 6.63. The van der Waals surface area contributed by atoms with E-state index in [2.05, 4.69) is 24.8 Å². The molecule has 5 nitrogen and oxygen atoms in total. The Balaban J connectivity index is 0.00000272. The molecule has 2 aliphatic heterocycles. The van der Waals surface area contributed by atoms with Crippen LogP contribution in [0.5, 0.6) is 5.75 Å². The van der Waals surface area contributed by atoms with Crippen molar-refractivity contribution in [3.8, 4) is 5.75 Å². The van der Waals surface area contributed by atoms with Gasteiger partial charge in [-0.2, -0.15) is 0 Å². The lowest BCUT2D eigenvalue weighted by atomic mass is 10.1. The fourth-order valence-electron chi connectivity index (χ4n) is 4.85. The zero-order chi connectivity index (χ0) is 21.1. The number of aliphatic imine (C=N–C) groups is 1. The number of nitrogens with one attached hydrogen (secondary N) is 1. The normalized spacial score (nSPS) is 27.0. The van der Waals surface area contributed by atoms with Gasteiger partial charge in [0.1, 0.15) is 5.75 Å². The highest BCUT2D eigenvalue weighted by Gasteiger charge is 2.43. The molecule has 31 heavy (non-hydrogen) atoms. The molecule has 0 spiro atoms. The van der Waals surface area contributed by atoms with E-state index in [0.717, 1.165) is 38.4 Å². The second-order valence-corrected chi connectivity index (χ2v) is 8.69. The van der Waals surface area contributed by atoms with Crippen LogP contribution in [-0.2, 0) is 0 Å². The smallest absolute Gasteiger partial charge is 0.405 e. The zero-order valence-corrected chi connectivity index (χ0v) is 20.2. The lowest BCUT2D eigenvalue weighted by Crippen LogP contribution is -2.42. The zero-order valence-electron chi connectivity index (χ0n) is 17.9. The van der Waals surface area contributed by atoms with Crippen LogP contribution in [0.1, 0.15) is 43.6 Å². The Kier molecular flexibility index (Phi) is 8.34. The molecule has 1 N–H and O–H groups in total. The predicted molar refractivity (Wildman–Crippen MR) is 126 cm³/mol. The first-order chi connectivity index (χ1) is 14.4. The lowest BCUT2D eigenvalue weighted by Gasteiger charge is -2.29. The highest BCUT2D eigenvalue weighted by Crippen LogP contribution is 2.45. The number of halogens is 4. The summed E-state index contributed by atoms with van der Waals surface area (Å²) in [4.78, 5) is 9.33. The molecule has 3 atom stereocenters. The van der Waals surface area contributed by atoms with Crippen LogP contribution in [0.2, 0.25) is 0 Å². The Morgan fingerprint density at radius 3 is 2.61 bits per heavy atom. The highest BCUT2D eigenvalue weighted by atomic mass is 127. The van der Waals surface area contributed by atoms with Gasteiger partial charge in [0, 0.05) is 38.6 Å². The maximum absolute atomic E-state index is 12.7. The minimum absolute atomic E-state index is 0. The van der Waals surface area contributed by atoms with Crippen molar-refractivity contribution in [3.63, 3.8) is 0 Å². The summed E-state index contributed by atoms with van der Waals surface area (Å²) in [6.45, 7) is 5.55. The largest absolute Gasteiger partial charge is 0.573 e. The number of nitrogens with zero attached hydrogens (tertiary/aromatic N) is 3. The number of guanidine groups is 1. The molecule has 2 saturated heterocycles. The van der Waals surface area contributed by atoms with Crippen LogP contribution in [0, 0.1) is 5.92 Å². The standard InChI is InChI=1S/C22H31F3N4O.HI/c1-26-21(29-12-9-16(15-29)14-28-10-5-2-6-11-28)27-19-13-18(19)17-7-3-4-8-20(17)30-22(23,24)25;/h3-4,7-8,16,18-19H,2,5-6,9-15H2,1H3,(H,26,27);1H. The summed E-state index contributed by atoms with van der Waals surface area (Å²) in [5.41, 5.74) is 0.604. The molecule has 3 aliphatic rings. The average molecular weight is 552 g/mol. The Bertz CT molecular complexity index is 755. The van der Waals surface area contributed by atoms with Crippen LogP contribution < -0.4 is 10.1 Å². The van der Waals surface area contributed by atoms with Gasteiger partial charge in [0.2, 0.25) is 0 Å². The van der Waals surface area contributed by atoms with Crippen molar-refractivity contribution >= 4 is 29.9 Å². The van der Waals surface area contributed by atoms with Crippen molar-refractivity contribution < 1.29 is 17.9 Å². The van der Waals surface area contributed by atoms with Gasteiger partial charge < -0.3 is 19.9 Å². The van der Waals surface area contributed by atoms with E-state index < -0.39 is 6.36 Å². The molecule has 1 saturated carbocycles. The van der Waals surface area contributed by atoms with Gasteiger partial charge in [-0.05, 0) is 56.3 Å². The van der Waals surface area contributed by atoms with Gasteiger partial charge in [0.05, 0.1) is 0 Å².